The topological polar surface area (TPSA) is 80.1 Å². The Hall–Kier alpha value is -2.31. The van der Waals surface area contributed by atoms with Crippen molar-refractivity contribution in [2.45, 2.75) is 33.8 Å². The monoisotopic (exact) mass is 322 g/mol. The number of ether oxygens (including phenoxy) is 1. The summed E-state index contributed by atoms with van der Waals surface area (Å²) in [5.41, 5.74) is 0.337. The number of amides is 2. The zero-order chi connectivity index (χ0) is 17.1. The van der Waals surface area contributed by atoms with E-state index < -0.39 is 12.1 Å². The largest absolute Gasteiger partial charge is 0.466 e. The van der Waals surface area contributed by atoms with Gasteiger partial charge in [0.15, 0.2) is 6.10 Å². The van der Waals surface area contributed by atoms with E-state index in [1.807, 2.05) is 0 Å². The first-order valence-electron chi connectivity index (χ1n) is 7.62. The molecule has 0 radical (unpaired) electrons. The number of nitrogens with zero attached hydrogens (tertiary/aromatic N) is 2. The highest BCUT2D eigenvalue weighted by Crippen LogP contribution is 2.16. The molecule has 1 aromatic rings. The van der Waals surface area contributed by atoms with Gasteiger partial charge in [0.05, 0.1) is 0 Å². The zero-order valence-corrected chi connectivity index (χ0v) is 13.9. The third-order valence-corrected chi connectivity index (χ3v) is 3.93. The number of rotatable bonds is 3. The average molecular weight is 322 g/mol. The summed E-state index contributed by atoms with van der Waals surface area (Å²) in [6, 6.07) is 1.60. The summed E-state index contributed by atoms with van der Waals surface area (Å²) in [6.45, 7) is 8.39. The quantitative estimate of drug-likeness (QED) is 0.780. The van der Waals surface area contributed by atoms with Gasteiger partial charge in [0, 0.05) is 33.1 Å². The van der Waals surface area contributed by atoms with Gasteiger partial charge in [0.1, 0.15) is 17.1 Å². The van der Waals surface area contributed by atoms with E-state index in [0.29, 0.717) is 43.3 Å². The number of esters is 1. The van der Waals surface area contributed by atoms with Crippen molar-refractivity contribution >= 4 is 17.8 Å². The fourth-order valence-corrected chi connectivity index (χ4v) is 2.61. The fourth-order valence-electron chi connectivity index (χ4n) is 2.61. The van der Waals surface area contributed by atoms with Crippen LogP contribution in [0.5, 0.6) is 0 Å². The van der Waals surface area contributed by atoms with Crippen molar-refractivity contribution in [1.29, 1.82) is 0 Å². The Labute approximate surface area is 135 Å². The van der Waals surface area contributed by atoms with Crippen molar-refractivity contribution in [3.8, 4) is 0 Å². The molecular formula is C16H22N2O5. The van der Waals surface area contributed by atoms with Crippen molar-refractivity contribution < 1.29 is 23.5 Å². The molecule has 0 spiro atoms. The fraction of sp³-hybridized carbons (Fsp3) is 0.562. The Bertz CT molecular complexity index is 614. The first-order chi connectivity index (χ1) is 10.8. The molecule has 1 aromatic heterocycles. The summed E-state index contributed by atoms with van der Waals surface area (Å²) in [7, 11) is 0. The number of furan rings is 1. The molecule has 0 saturated carbocycles. The summed E-state index contributed by atoms with van der Waals surface area (Å²) in [6.07, 6.45) is -0.874. The molecule has 1 unspecified atom stereocenters. The van der Waals surface area contributed by atoms with E-state index in [1.54, 1.807) is 36.6 Å². The minimum Gasteiger partial charge on any atom is -0.466 e. The van der Waals surface area contributed by atoms with Crippen LogP contribution in [-0.4, -0.2) is 59.9 Å². The van der Waals surface area contributed by atoms with Crippen molar-refractivity contribution in [3.05, 3.63) is 23.2 Å². The van der Waals surface area contributed by atoms with Crippen molar-refractivity contribution in [2.75, 3.05) is 26.2 Å². The molecule has 1 atom stereocenters. The predicted octanol–water partition coefficient (Wildman–Crippen LogP) is 1.13. The van der Waals surface area contributed by atoms with E-state index in [-0.39, 0.29) is 11.8 Å². The zero-order valence-electron chi connectivity index (χ0n) is 13.9. The molecule has 1 aliphatic rings. The maximum atomic E-state index is 12.4. The first kappa shape index (κ1) is 17.1. The van der Waals surface area contributed by atoms with Crippen LogP contribution in [0.15, 0.2) is 10.5 Å². The third-order valence-electron chi connectivity index (χ3n) is 3.93. The lowest BCUT2D eigenvalue weighted by molar-refractivity contribution is -0.144. The molecule has 0 bridgehead atoms. The molecule has 1 aliphatic heterocycles. The van der Waals surface area contributed by atoms with Gasteiger partial charge in [-0.15, -0.1) is 0 Å². The van der Waals surface area contributed by atoms with Crippen molar-refractivity contribution in [2.24, 2.45) is 0 Å². The second-order valence-corrected chi connectivity index (χ2v) is 5.71. The number of piperazine rings is 1. The molecule has 1 fully saturated rings. The Balaban J connectivity index is 1.92. The normalized spacial score (nSPS) is 16.2. The Morgan fingerprint density at radius 3 is 2.17 bits per heavy atom. The Morgan fingerprint density at radius 1 is 1.13 bits per heavy atom. The van der Waals surface area contributed by atoms with E-state index >= 15 is 0 Å². The van der Waals surface area contributed by atoms with Gasteiger partial charge in [-0.25, -0.2) is 4.79 Å². The second kappa shape index (κ2) is 6.85. The Kier molecular flexibility index (Phi) is 5.08. The van der Waals surface area contributed by atoms with Crippen LogP contribution in [0.1, 0.15) is 35.7 Å². The maximum Gasteiger partial charge on any atom is 0.342 e. The summed E-state index contributed by atoms with van der Waals surface area (Å²) >= 11 is 0. The molecule has 0 N–H and O–H groups in total. The van der Waals surface area contributed by atoms with Gasteiger partial charge in [0.25, 0.3) is 5.91 Å². The summed E-state index contributed by atoms with van der Waals surface area (Å²) in [4.78, 5) is 39.1. The molecule has 2 rings (SSSR count). The first-order valence-corrected chi connectivity index (χ1v) is 7.62. The van der Waals surface area contributed by atoms with Gasteiger partial charge in [-0.3, -0.25) is 9.59 Å². The van der Waals surface area contributed by atoms with Crippen LogP contribution in [0.3, 0.4) is 0 Å². The van der Waals surface area contributed by atoms with E-state index in [1.165, 1.54) is 6.92 Å². The highest BCUT2D eigenvalue weighted by Gasteiger charge is 2.28. The maximum absolute atomic E-state index is 12.4. The summed E-state index contributed by atoms with van der Waals surface area (Å²) < 4.78 is 10.5. The summed E-state index contributed by atoms with van der Waals surface area (Å²) in [5.74, 6) is 0.278. The van der Waals surface area contributed by atoms with E-state index in [9.17, 15) is 14.4 Å². The smallest absolute Gasteiger partial charge is 0.342 e. The SMILES string of the molecule is CC(=O)N1CCN(C(=O)C(C)OC(=O)c2cc(C)oc2C)CC1. The van der Waals surface area contributed by atoms with Gasteiger partial charge in [-0.05, 0) is 26.8 Å². The molecule has 0 aliphatic carbocycles. The highest BCUT2D eigenvalue weighted by molar-refractivity contribution is 5.93. The molecule has 2 amide bonds. The lowest BCUT2D eigenvalue weighted by Crippen LogP contribution is -2.52. The minimum absolute atomic E-state index is 0.00220. The number of carbonyl (C=O) groups is 3. The summed E-state index contributed by atoms with van der Waals surface area (Å²) in [5, 5.41) is 0. The van der Waals surface area contributed by atoms with E-state index in [2.05, 4.69) is 0 Å². The molecule has 126 valence electrons. The standard InChI is InChI=1S/C16H22N2O5/c1-10-9-14(11(2)22-10)16(21)23-12(3)15(20)18-7-5-17(6-8-18)13(4)19/h9,12H,5-8H2,1-4H3. The molecule has 23 heavy (non-hydrogen) atoms. The van der Waals surface area contributed by atoms with Crippen LogP contribution in [0, 0.1) is 13.8 Å². The molecule has 1 saturated heterocycles. The second-order valence-electron chi connectivity index (χ2n) is 5.71. The predicted molar refractivity (Wildman–Crippen MR) is 81.9 cm³/mol. The lowest BCUT2D eigenvalue weighted by atomic mass is 10.2. The van der Waals surface area contributed by atoms with E-state index in [0.717, 1.165) is 0 Å². The van der Waals surface area contributed by atoms with Gasteiger partial charge >= 0.3 is 5.97 Å². The third kappa shape index (κ3) is 3.91. The molecule has 7 heteroatoms. The number of aryl methyl sites for hydroxylation is 2. The molecular weight excluding hydrogens is 300 g/mol. The van der Waals surface area contributed by atoms with Crippen LogP contribution >= 0.6 is 0 Å². The van der Waals surface area contributed by atoms with E-state index in [4.69, 9.17) is 9.15 Å². The van der Waals surface area contributed by atoms with Gasteiger partial charge in [0.2, 0.25) is 5.91 Å². The van der Waals surface area contributed by atoms with Crippen LogP contribution in [0.4, 0.5) is 0 Å². The average Bonchev–Trinajstić information content (AvgIpc) is 2.85. The molecule has 2 heterocycles. The number of carbonyl (C=O) groups excluding carboxylic acids is 3. The lowest BCUT2D eigenvalue weighted by Gasteiger charge is -2.35. The number of hydrogen-bond acceptors (Lipinski definition) is 5. The number of hydrogen-bond donors (Lipinski definition) is 0. The minimum atomic E-state index is -0.874. The van der Waals surface area contributed by atoms with Gasteiger partial charge in [-0.1, -0.05) is 0 Å². The van der Waals surface area contributed by atoms with Crippen LogP contribution < -0.4 is 0 Å². The highest BCUT2D eigenvalue weighted by atomic mass is 16.5. The van der Waals surface area contributed by atoms with Crippen LogP contribution in [0.2, 0.25) is 0 Å². The Morgan fingerprint density at radius 2 is 1.70 bits per heavy atom. The van der Waals surface area contributed by atoms with Crippen LogP contribution in [-0.2, 0) is 14.3 Å². The van der Waals surface area contributed by atoms with Crippen LogP contribution in [0.25, 0.3) is 0 Å². The van der Waals surface area contributed by atoms with Gasteiger partial charge in [-0.2, -0.15) is 0 Å². The van der Waals surface area contributed by atoms with Gasteiger partial charge < -0.3 is 19.0 Å². The molecule has 0 aromatic carbocycles. The molecule has 7 nitrogen and oxygen atoms in total. The van der Waals surface area contributed by atoms with Crippen molar-refractivity contribution in [1.82, 2.24) is 9.80 Å². The van der Waals surface area contributed by atoms with Crippen molar-refractivity contribution in [3.63, 3.8) is 0 Å².